The van der Waals surface area contributed by atoms with Crippen LogP contribution in [0.3, 0.4) is 0 Å². The molecule has 0 unspecified atom stereocenters. The van der Waals surface area contributed by atoms with Gasteiger partial charge in [0.15, 0.2) is 0 Å². The smallest absolute Gasteiger partial charge is 0.221 e. The van der Waals surface area contributed by atoms with Gasteiger partial charge in [0.2, 0.25) is 11.8 Å². The highest BCUT2D eigenvalue weighted by molar-refractivity contribution is 5.80. The van der Waals surface area contributed by atoms with Crippen molar-refractivity contribution < 1.29 is 14.7 Å². The first-order valence-electron chi connectivity index (χ1n) is 21.0. The molecule has 5 heteroatoms. The number of hydrogen-bond acceptors (Lipinski definition) is 3. The summed E-state index contributed by atoms with van der Waals surface area (Å²) in [5, 5.41) is 15.8. The van der Waals surface area contributed by atoms with E-state index in [1.807, 2.05) is 6.92 Å². The first-order chi connectivity index (χ1) is 22.7. The fourth-order valence-electron chi connectivity index (χ4n) is 6.76. The second-order valence-electron chi connectivity index (χ2n) is 15.7. The minimum Gasteiger partial charge on any atom is -0.396 e. The van der Waals surface area contributed by atoms with Gasteiger partial charge in [0.05, 0.1) is 0 Å². The fraction of sp³-hybridized carbons (Fsp3) is 0.952. The first-order valence-corrected chi connectivity index (χ1v) is 21.0. The molecule has 0 radical (unpaired) electrons. The van der Waals surface area contributed by atoms with Crippen LogP contribution in [0.1, 0.15) is 234 Å². The number of aliphatic hydroxyl groups excluding tert-OH is 1. The Hall–Kier alpha value is -1.10. The van der Waals surface area contributed by atoms with Gasteiger partial charge >= 0.3 is 0 Å². The van der Waals surface area contributed by atoms with Crippen molar-refractivity contribution >= 4 is 11.8 Å². The summed E-state index contributed by atoms with van der Waals surface area (Å²) in [4.78, 5) is 25.8. The minimum atomic E-state index is -0.750. The Balaban J connectivity index is 3.98. The minimum absolute atomic E-state index is 0.0182. The van der Waals surface area contributed by atoms with Crippen LogP contribution in [0.4, 0.5) is 0 Å². The Morgan fingerprint density at radius 3 is 1.00 bits per heavy atom. The summed E-state index contributed by atoms with van der Waals surface area (Å²) in [5.41, 5.74) is -0.750. The van der Waals surface area contributed by atoms with Crippen LogP contribution in [0.2, 0.25) is 0 Å². The molecule has 2 amide bonds. The van der Waals surface area contributed by atoms with Gasteiger partial charge in [-0.15, -0.1) is 0 Å². The highest BCUT2D eigenvalue weighted by Gasteiger charge is 2.31. The van der Waals surface area contributed by atoms with Gasteiger partial charge in [-0.25, -0.2) is 0 Å². The van der Waals surface area contributed by atoms with Crippen molar-refractivity contribution in [3.05, 3.63) is 0 Å². The molecule has 0 atom stereocenters. The molecule has 5 nitrogen and oxygen atoms in total. The molecule has 0 saturated carbocycles. The molecule has 47 heavy (non-hydrogen) atoms. The van der Waals surface area contributed by atoms with Gasteiger partial charge in [-0.3, -0.25) is 9.59 Å². The first kappa shape index (κ1) is 45.9. The Morgan fingerprint density at radius 1 is 0.468 bits per heavy atom. The Kier molecular flexibility index (Phi) is 32.6. The standard InChI is InChI=1S/C42H84N2O3/c1-6-42(36-31-37-45,43-40(46)34-29-25-21-17-13-9-7-11-15-19-23-27-32-38(2)3)44-41(47)35-30-26-22-18-14-10-8-12-16-20-24-28-33-39(4)5/h38-39,45H,6-37H2,1-5H3,(H,43,46)(H,44,47). The van der Waals surface area contributed by atoms with E-state index >= 15 is 0 Å². The number of aliphatic hydroxyl groups is 1. The molecule has 0 fully saturated rings. The molecule has 0 rings (SSSR count). The lowest BCUT2D eigenvalue weighted by molar-refractivity contribution is -0.127. The van der Waals surface area contributed by atoms with E-state index in [-0.39, 0.29) is 18.4 Å². The lowest BCUT2D eigenvalue weighted by Gasteiger charge is -2.35. The quantitative estimate of drug-likeness (QED) is 0.0461. The van der Waals surface area contributed by atoms with Gasteiger partial charge in [0, 0.05) is 19.4 Å². The van der Waals surface area contributed by atoms with E-state index in [4.69, 9.17) is 0 Å². The van der Waals surface area contributed by atoms with E-state index < -0.39 is 5.66 Å². The lowest BCUT2D eigenvalue weighted by Crippen LogP contribution is -2.60. The van der Waals surface area contributed by atoms with Crippen LogP contribution in [-0.4, -0.2) is 29.2 Å². The molecule has 0 aliphatic heterocycles. The molecule has 0 aromatic carbocycles. The van der Waals surface area contributed by atoms with E-state index in [1.54, 1.807) is 0 Å². The van der Waals surface area contributed by atoms with Crippen LogP contribution in [0, 0.1) is 11.8 Å². The predicted molar refractivity (Wildman–Crippen MR) is 205 cm³/mol. The van der Waals surface area contributed by atoms with Crippen molar-refractivity contribution in [2.75, 3.05) is 6.61 Å². The zero-order valence-corrected chi connectivity index (χ0v) is 32.5. The molecule has 0 saturated heterocycles. The fourth-order valence-corrected chi connectivity index (χ4v) is 6.76. The molecule has 0 aromatic rings. The summed E-state index contributed by atoms with van der Waals surface area (Å²) in [5.74, 6) is 1.72. The largest absolute Gasteiger partial charge is 0.396 e. The number of amides is 2. The van der Waals surface area contributed by atoms with Gasteiger partial charge in [-0.2, -0.15) is 0 Å². The van der Waals surface area contributed by atoms with Crippen LogP contribution in [0.5, 0.6) is 0 Å². The van der Waals surface area contributed by atoms with E-state index in [2.05, 4.69) is 38.3 Å². The molecule has 0 bridgehead atoms. The van der Waals surface area contributed by atoms with E-state index in [0.29, 0.717) is 32.1 Å². The monoisotopic (exact) mass is 665 g/mol. The van der Waals surface area contributed by atoms with Crippen molar-refractivity contribution in [1.29, 1.82) is 0 Å². The maximum Gasteiger partial charge on any atom is 0.221 e. The molecule has 0 aliphatic rings. The number of carbonyl (C=O) groups excluding carboxylic acids is 2. The zero-order valence-electron chi connectivity index (χ0n) is 32.5. The third-order valence-electron chi connectivity index (χ3n) is 9.99. The van der Waals surface area contributed by atoms with E-state index in [1.165, 1.54) is 141 Å². The predicted octanol–water partition coefficient (Wildman–Crippen LogP) is 12.3. The van der Waals surface area contributed by atoms with Gasteiger partial charge < -0.3 is 15.7 Å². The molecule has 280 valence electrons. The number of unbranched alkanes of at least 4 members (excludes halogenated alkanes) is 22. The summed E-state index contributed by atoms with van der Waals surface area (Å²) in [6.45, 7) is 11.3. The van der Waals surface area contributed by atoms with Crippen molar-refractivity contribution in [1.82, 2.24) is 10.6 Å². The second kappa shape index (κ2) is 33.4. The Bertz CT molecular complexity index is 643. The Labute approximate surface area is 294 Å². The maximum absolute atomic E-state index is 12.9. The number of carbonyl (C=O) groups is 2. The molecular formula is C42H84N2O3. The maximum atomic E-state index is 12.9. The summed E-state index contributed by atoms with van der Waals surface area (Å²) in [7, 11) is 0. The number of nitrogens with one attached hydrogen (secondary N) is 2. The van der Waals surface area contributed by atoms with Crippen molar-refractivity contribution in [3.8, 4) is 0 Å². The van der Waals surface area contributed by atoms with Gasteiger partial charge in [-0.05, 0) is 43.9 Å². The zero-order chi connectivity index (χ0) is 34.9. The topological polar surface area (TPSA) is 78.4 Å². The van der Waals surface area contributed by atoms with E-state index in [9.17, 15) is 14.7 Å². The molecule has 0 aliphatic carbocycles. The van der Waals surface area contributed by atoms with Crippen molar-refractivity contribution in [2.45, 2.75) is 239 Å². The highest BCUT2D eigenvalue weighted by atomic mass is 16.3. The lowest BCUT2D eigenvalue weighted by atomic mass is 9.98. The average molecular weight is 665 g/mol. The highest BCUT2D eigenvalue weighted by Crippen LogP contribution is 2.19. The third-order valence-corrected chi connectivity index (χ3v) is 9.99. The van der Waals surface area contributed by atoms with Crippen LogP contribution in [0.25, 0.3) is 0 Å². The van der Waals surface area contributed by atoms with Gasteiger partial charge in [-0.1, -0.05) is 189 Å². The second-order valence-corrected chi connectivity index (χ2v) is 15.7. The molecule has 0 spiro atoms. The van der Waals surface area contributed by atoms with Crippen molar-refractivity contribution in [2.24, 2.45) is 11.8 Å². The molecular weight excluding hydrogens is 580 g/mol. The third kappa shape index (κ3) is 31.9. The summed E-state index contributed by atoms with van der Waals surface area (Å²) >= 11 is 0. The average Bonchev–Trinajstić information content (AvgIpc) is 3.03. The van der Waals surface area contributed by atoms with Crippen LogP contribution in [-0.2, 0) is 9.59 Å². The number of hydrogen-bond donors (Lipinski definition) is 3. The summed E-state index contributed by atoms with van der Waals surface area (Å²) < 4.78 is 0. The number of rotatable bonds is 36. The summed E-state index contributed by atoms with van der Waals surface area (Å²) in [6, 6.07) is 0. The van der Waals surface area contributed by atoms with Crippen LogP contribution in [0.15, 0.2) is 0 Å². The van der Waals surface area contributed by atoms with Crippen LogP contribution < -0.4 is 10.6 Å². The molecule has 0 aromatic heterocycles. The SMILES string of the molecule is CCC(CCCO)(NC(=O)CCCCCCCCCCCCCCC(C)C)NC(=O)CCCCCCCCCCCCCCC(C)C. The Morgan fingerprint density at radius 2 is 0.745 bits per heavy atom. The van der Waals surface area contributed by atoms with Crippen molar-refractivity contribution in [3.63, 3.8) is 0 Å². The van der Waals surface area contributed by atoms with Crippen LogP contribution >= 0.6 is 0 Å². The van der Waals surface area contributed by atoms with Gasteiger partial charge in [0.25, 0.3) is 0 Å². The normalized spacial score (nSPS) is 11.9. The van der Waals surface area contributed by atoms with Gasteiger partial charge in [0.1, 0.15) is 5.66 Å². The molecule has 3 N–H and O–H groups in total. The molecule has 0 heterocycles. The summed E-state index contributed by atoms with van der Waals surface area (Å²) in [6.07, 6.45) is 36.4. The van der Waals surface area contributed by atoms with E-state index in [0.717, 1.165) is 37.5 Å².